The van der Waals surface area contributed by atoms with Crippen molar-refractivity contribution in [2.24, 2.45) is 0 Å². The maximum absolute atomic E-state index is 12.4. The molecule has 0 bridgehead atoms. The van der Waals surface area contributed by atoms with Crippen LogP contribution in [0.5, 0.6) is 5.75 Å². The van der Waals surface area contributed by atoms with E-state index in [0.717, 1.165) is 25.0 Å². The zero-order chi connectivity index (χ0) is 19.2. The highest BCUT2D eigenvalue weighted by Crippen LogP contribution is 2.26. The van der Waals surface area contributed by atoms with Crippen LogP contribution < -0.4 is 10.1 Å². The predicted molar refractivity (Wildman–Crippen MR) is 101 cm³/mol. The number of hydrogen-bond acceptors (Lipinski definition) is 6. The molecule has 3 aromatic rings. The van der Waals surface area contributed by atoms with E-state index in [-0.39, 0.29) is 11.9 Å². The average molecular weight is 369 g/mol. The predicted octanol–water partition coefficient (Wildman–Crippen LogP) is 4.77. The molecular formula is C20H23N3O4. The molecule has 2 heterocycles. The van der Waals surface area contributed by atoms with E-state index >= 15 is 0 Å². The second-order valence-electron chi connectivity index (χ2n) is 6.28. The molecule has 1 N–H and O–H groups in total. The number of unbranched alkanes of at least 4 members (excludes halogenated alkanes) is 2. The van der Waals surface area contributed by atoms with Crippen LogP contribution in [0.3, 0.4) is 0 Å². The Bertz CT molecular complexity index is 914. The second kappa shape index (κ2) is 8.53. The van der Waals surface area contributed by atoms with Crippen LogP contribution in [0.2, 0.25) is 0 Å². The third-order valence-electron chi connectivity index (χ3n) is 4.03. The van der Waals surface area contributed by atoms with Gasteiger partial charge in [-0.3, -0.25) is 10.1 Å². The van der Waals surface area contributed by atoms with E-state index in [1.165, 1.54) is 0 Å². The number of anilines is 1. The van der Waals surface area contributed by atoms with Crippen LogP contribution in [0.25, 0.3) is 11.5 Å². The van der Waals surface area contributed by atoms with Crippen LogP contribution in [0.4, 0.5) is 6.01 Å². The summed E-state index contributed by atoms with van der Waals surface area (Å²) >= 11 is 0. The van der Waals surface area contributed by atoms with Gasteiger partial charge in [0.15, 0.2) is 0 Å². The minimum atomic E-state index is -0.343. The summed E-state index contributed by atoms with van der Waals surface area (Å²) in [5.41, 5.74) is 1.17. The first-order valence-electron chi connectivity index (χ1n) is 9.02. The van der Waals surface area contributed by atoms with Gasteiger partial charge in [-0.1, -0.05) is 30.9 Å². The van der Waals surface area contributed by atoms with Crippen LogP contribution in [0.15, 0.2) is 39.2 Å². The Labute approximate surface area is 157 Å². The molecular weight excluding hydrogens is 346 g/mol. The van der Waals surface area contributed by atoms with Crippen molar-refractivity contribution < 1.29 is 18.4 Å². The number of aryl methyl sites for hydroxylation is 2. The summed E-state index contributed by atoms with van der Waals surface area (Å²) in [6, 6.07) is 8.85. The molecule has 0 atom stereocenters. The van der Waals surface area contributed by atoms with Crippen molar-refractivity contribution >= 4 is 11.9 Å². The van der Waals surface area contributed by atoms with E-state index in [1.807, 2.05) is 26.0 Å². The highest BCUT2D eigenvalue weighted by atomic mass is 16.5. The largest absolute Gasteiger partial charge is 0.494 e. The molecule has 0 saturated carbocycles. The fraction of sp³-hybridized carbons (Fsp3) is 0.350. The first-order valence-corrected chi connectivity index (χ1v) is 9.02. The second-order valence-corrected chi connectivity index (χ2v) is 6.28. The Morgan fingerprint density at radius 3 is 2.74 bits per heavy atom. The number of hydrogen-bond donors (Lipinski definition) is 1. The molecule has 0 aliphatic carbocycles. The molecule has 2 aromatic heterocycles. The molecule has 0 unspecified atom stereocenters. The summed E-state index contributed by atoms with van der Waals surface area (Å²) in [5, 5.41) is 10.5. The normalized spacial score (nSPS) is 10.8. The maximum atomic E-state index is 12.4. The van der Waals surface area contributed by atoms with Crippen LogP contribution in [0, 0.1) is 13.8 Å². The summed E-state index contributed by atoms with van der Waals surface area (Å²) in [7, 11) is 0. The minimum absolute atomic E-state index is 0.0301. The van der Waals surface area contributed by atoms with Crippen molar-refractivity contribution in [1.29, 1.82) is 0 Å². The van der Waals surface area contributed by atoms with Gasteiger partial charge >= 0.3 is 6.01 Å². The summed E-state index contributed by atoms with van der Waals surface area (Å²) in [4.78, 5) is 12.4. The van der Waals surface area contributed by atoms with Gasteiger partial charge in [0.1, 0.15) is 17.3 Å². The zero-order valence-corrected chi connectivity index (χ0v) is 15.7. The zero-order valence-electron chi connectivity index (χ0n) is 15.7. The number of aromatic nitrogens is 2. The maximum Gasteiger partial charge on any atom is 0.322 e. The van der Waals surface area contributed by atoms with Gasteiger partial charge in [-0.25, -0.2) is 0 Å². The van der Waals surface area contributed by atoms with Gasteiger partial charge in [0.2, 0.25) is 0 Å². The van der Waals surface area contributed by atoms with Crippen molar-refractivity contribution in [3.8, 4) is 17.2 Å². The van der Waals surface area contributed by atoms with Crippen molar-refractivity contribution in [3.05, 3.63) is 47.4 Å². The van der Waals surface area contributed by atoms with Gasteiger partial charge in [0.25, 0.3) is 11.8 Å². The van der Waals surface area contributed by atoms with Crippen LogP contribution in [-0.4, -0.2) is 22.7 Å². The highest BCUT2D eigenvalue weighted by molar-refractivity contribution is 6.03. The Morgan fingerprint density at radius 1 is 1.15 bits per heavy atom. The number of nitrogens with zero attached hydrogens (tertiary/aromatic N) is 2. The highest BCUT2D eigenvalue weighted by Gasteiger charge is 2.16. The van der Waals surface area contributed by atoms with Crippen LogP contribution in [-0.2, 0) is 0 Å². The Morgan fingerprint density at radius 2 is 2.00 bits per heavy atom. The lowest BCUT2D eigenvalue weighted by molar-refractivity contribution is 0.102. The fourth-order valence-corrected chi connectivity index (χ4v) is 2.66. The molecule has 0 spiro atoms. The average Bonchev–Trinajstić information content (AvgIpc) is 3.24. The quantitative estimate of drug-likeness (QED) is 0.575. The number of carbonyl (C=O) groups is 1. The van der Waals surface area contributed by atoms with Gasteiger partial charge in [0.05, 0.1) is 12.2 Å². The lowest BCUT2D eigenvalue weighted by Gasteiger charge is -2.07. The van der Waals surface area contributed by atoms with Gasteiger partial charge in [0, 0.05) is 5.56 Å². The van der Waals surface area contributed by atoms with Crippen LogP contribution >= 0.6 is 0 Å². The lowest BCUT2D eigenvalue weighted by Crippen LogP contribution is -2.12. The molecule has 7 nitrogen and oxygen atoms in total. The Balaban J connectivity index is 1.65. The molecule has 0 fully saturated rings. The van der Waals surface area contributed by atoms with Crippen molar-refractivity contribution in [1.82, 2.24) is 10.2 Å². The van der Waals surface area contributed by atoms with Gasteiger partial charge < -0.3 is 13.6 Å². The smallest absolute Gasteiger partial charge is 0.322 e. The number of carbonyl (C=O) groups excluding carboxylic acids is 1. The molecule has 1 amide bonds. The van der Waals surface area contributed by atoms with Crippen molar-refractivity contribution in [2.45, 2.75) is 40.0 Å². The monoisotopic (exact) mass is 369 g/mol. The molecule has 27 heavy (non-hydrogen) atoms. The summed E-state index contributed by atoms with van der Waals surface area (Å²) < 4.78 is 16.7. The number of ether oxygens (including phenoxy) is 1. The van der Waals surface area contributed by atoms with Crippen LogP contribution in [0.1, 0.15) is 48.1 Å². The lowest BCUT2D eigenvalue weighted by atomic mass is 10.2. The van der Waals surface area contributed by atoms with E-state index < -0.39 is 0 Å². The molecule has 3 rings (SSSR count). The van der Waals surface area contributed by atoms with Gasteiger partial charge in [-0.2, -0.15) is 0 Å². The third kappa shape index (κ3) is 4.75. The summed E-state index contributed by atoms with van der Waals surface area (Å²) in [6.45, 7) is 6.43. The molecule has 7 heteroatoms. The first kappa shape index (κ1) is 18.7. The minimum Gasteiger partial charge on any atom is -0.494 e. The van der Waals surface area contributed by atoms with E-state index in [4.69, 9.17) is 13.6 Å². The van der Waals surface area contributed by atoms with Gasteiger partial charge in [-0.05, 0) is 44.5 Å². The molecule has 0 aliphatic rings. The standard InChI is InChI=1S/C20H23N3O4/c1-4-5-6-10-25-16-9-7-8-15(12-16)18(24)21-20-23-22-19(27-20)17-11-13(2)26-14(17)3/h7-9,11-12H,4-6,10H2,1-3H3,(H,21,23,24). The Kier molecular flexibility index (Phi) is 5.90. The molecule has 1 aromatic carbocycles. The number of furan rings is 1. The van der Waals surface area contributed by atoms with E-state index in [1.54, 1.807) is 18.2 Å². The van der Waals surface area contributed by atoms with Crippen molar-refractivity contribution in [3.63, 3.8) is 0 Å². The molecule has 0 aliphatic heterocycles. The SMILES string of the molecule is CCCCCOc1cccc(C(=O)Nc2nnc(-c3cc(C)oc3C)o2)c1. The number of benzene rings is 1. The molecule has 0 saturated heterocycles. The third-order valence-corrected chi connectivity index (χ3v) is 4.03. The summed E-state index contributed by atoms with van der Waals surface area (Å²) in [6.07, 6.45) is 3.25. The van der Waals surface area contributed by atoms with E-state index in [9.17, 15) is 4.79 Å². The topological polar surface area (TPSA) is 90.4 Å². The van der Waals surface area contributed by atoms with Gasteiger partial charge in [-0.15, -0.1) is 5.10 Å². The first-order chi connectivity index (χ1) is 13.1. The van der Waals surface area contributed by atoms with E-state index in [2.05, 4.69) is 22.4 Å². The van der Waals surface area contributed by atoms with Crippen molar-refractivity contribution in [2.75, 3.05) is 11.9 Å². The summed E-state index contributed by atoms with van der Waals surface area (Å²) in [5.74, 6) is 2.05. The molecule has 142 valence electrons. The number of rotatable bonds is 8. The Hall–Kier alpha value is -3.09. The molecule has 0 radical (unpaired) electrons. The fourth-order valence-electron chi connectivity index (χ4n) is 2.66. The number of nitrogens with one attached hydrogen (secondary N) is 1. The van der Waals surface area contributed by atoms with E-state index in [0.29, 0.717) is 35.1 Å². The number of amides is 1.